The van der Waals surface area contributed by atoms with Crippen molar-refractivity contribution in [3.63, 3.8) is 0 Å². The molecule has 4 rings (SSSR count). The molecule has 0 saturated heterocycles. The van der Waals surface area contributed by atoms with Crippen LogP contribution in [-0.4, -0.2) is 27.5 Å². The van der Waals surface area contributed by atoms with Crippen molar-refractivity contribution >= 4 is 52.4 Å². The molecule has 0 aliphatic carbocycles. The zero-order valence-electron chi connectivity index (χ0n) is 18.7. The summed E-state index contributed by atoms with van der Waals surface area (Å²) >= 11 is 16.4. The molecule has 0 radical (unpaired) electrons. The Bertz CT molecular complexity index is 1160. The second kappa shape index (κ2) is 10.3. The topological polar surface area (TPSA) is 36.4 Å². The van der Waals surface area contributed by atoms with Crippen LogP contribution in [-0.2, 0) is 0 Å². The Morgan fingerprint density at radius 3 is 2.09 bits per heavy atom. The first kappa shape index (κ1) is 24.5. The second-order valence-corrected chi connectivity index (χ2v) is 11.5. The number of pyridine rings is 1. The third kappa shape index (κ3) is 4.67. The van der Waals surface area contributed by atoms with E-state index in [9.17, 15) is 5.11 Å². The van der Waals surface area contributed by atoms with Crippen LogP contribution in [0, 0.1) is 5.92 Å². The molecule has 0 amide bonds. The fourth-order valence-electron chi connectivity index (χ4n) is 4.35. The number of hydrogen-bond acceptors (Lipinski definition) is 5. The van der Waals surface area contributed by atoms with Gasteiger partial charge >= 0.3 is 0 Å². The summed E-state index contributed by atoms with van der Waals surface area (Å²) in [6.45, 7) is 6.51. The van der Waals surface area contributed by atoms with Gasteiger partial charge in [-0.1, -0.05) is 73.1 Å². The highest BCUT2D eigenvalue weighted by atomic mass is 35.5. The maximum Gasteiger partial charge on any atom is 0.0881 e. The highest BCUT2D eigenvalue weighted by Gasteiger charge is 2.53. The number of aliphatic hydroxyl groups is 1. The molecule has 2 atom stereocenters. The Kier molecular flexibility index (Phi) is 7.66. The van der Waals surface area contributed by atoms with Crippen LogP contribution in [0.1, 0.15) is 20.8 Å². The first-order chi connectivity index (χ1) is 15.9. The van der Waals surface area contributed by atoms with Crippen molar-refractivity contribution < 1.29 is 5.11 Å². The van der Waals surface area contributed by atoms with E-state index in [2.05, 4.69) is 30.7 Å². The van der Waals surface area contributed by atoms with Crippen molar-refractivity contribution in [3.8, 4) is 0 Å². The number of thioether (sulfide) groups is 2. The fourth-order valence-corrected chi connectivity index (χ4v) is 7.82. The lowest BCUT2D eigenvalue weighted by molar-refractivity contribution is 0.250. The van der Waals surface area contributed by atoms with Crippen LogP contribution in [0.2, 0.25) is 10.0 Å². The van der Waals surface area contributed by atoms with Gasteiger partial charge < -0.3 is 10.0 Å². The molecule has 3 nitrogen and oxygen atoms in total. The van der Waals surface area contributed by atoms with E-state index in [0.29, 0.717) is 10.0 Å². The smallest absolute Gasteiger partial charge is 0.0881 e. The van der Waals surface area contributed by atoms with E-state index < -0.39 is 4.75 Å². The molecule has 2 heterocycles. The van der Waals surface area contributed by atoms with Gasteiger partial charge in [-0.15, -0.1) is 11.8 Å². The predicted octanol–water partition coefficient (Wildman–Crippen LogP) is 7.78. The minimum atomic E-state index is -0.591. The summed E-state index contributed by atoms with van der Waals surface area (Å²) < 4.78 is -0.591. The summed E-state index contributed by atoms with van der Waals surface area (Å²) in [4.78, 5) is 8.46. The monoisotopic (exact) mass is 516 g/mol. The molecular formula is C26H26Cl2N2OS2. The molecule has 1 aliphatic heterocycles. The molecule has 0 fully saturated rings. The molecule has 0 bridgehead atoms. The summed E-state index contributed by atoms with van der Waals surface area (Å²) in [6, 6.07) is 19.7. The van der Waals surface area contributed by atoms with Crippen molar-refractivity contribution in [1.29, 1.82) is 0 Å². The Labute approximate surface area is 214 Å². The maximum atomic E-state index is 11.0. The lowest BCUT2D eigenvalue weighted by Gasteiger charge is -2.38. The fraction of sp³-hybridized carbons (Fsp3) is 0.269. The molecule has 2 unspecified atom stereocenters. The Morgan fingerprint density at radius 2 is 1.55 bits per heavy atom. The van der Waals surface area contributed by atoms with Crippen LogP contribution >= 0.6 is 46.7 Å². The predicted molar refractivity (Wildman–Crippen MR) is 142 cm³/mol. The number of rotatable bonds is 7. The first-order valence-electron chi connectivity index (χ1n) is 10.8. The molecule has 0 spiro atoms. The summed E-state index contributed by atoms with van der Waals surface area (Å²) in [6.07, 6.45) is 3.60. The van der Waals surface area contributed by atoms with E-state index in [-0.39, 0.29) is 18.6 Å². The Morgan fingerprint density at radius 1 is 0.970 bits per heavy atom. The molecule has 1 aromatic heterocycles. The number of benzene rings is 2. The lowest BCUT2D eigenvalue weighted by Crippen LogP contribution is -2.46. The van der Waals surface area contributed by atoms with Crippen molar-refractivity contribution in [1.82, 2.24) is 4.98 Å². The van der Waals surface area contributed by atoms with Crippen molar-refractivity contribution in [3.05, 3.63) is 93.7 Å². The first-order valence-corrected chi connectivity index (χ1v) is 13.2. The van der Waals surface area contributed by atoms with Crippen LogP contribution < -0.4 is 4.90 Å². The minimum absolute atomic E-state index is 0.0221. The van der Waals surface area contributed by atoms with Crippen LogP contribution in [0.25, 0.3) is 0 Å². The zero-order valence-corrected chi connectivity index (χ0v) is 21.8. The van der Waals surface area contributed by atoms with Gasteiger partial charge in [0.1, 0.15) is 0 Å². The molecule has 1 aliphatic rings. The van der Waals surface area contributed by atoms with E-state index in [1.54, 1.807) is 35.9 Å². The van der Waals surface area contributed by atoms with Gasteiger partial charge in [-0.25, -0.2) is 0 Å². The molecule has 0 saturated carbocycles. The number of halogens is 2. The molecule has 3 aromatic rings. The van der Waals surface area contributed by atoms with Crippen LogP contribution in [0.15, 0.2) is 93.5 Å². The van der Waals surface area contributed by atoms with Crippen molar-refractivity contribution in [2.24, 2.45) is 5.92 Å². The quantitative estimate of drug-likeness (QED) is 0.346. The van der Waals surface area contributed by atoms with E-state index in [1.165, 1.54) is 5.57 Å². The van der Waals surface area contributed by atoms with Gasteiger partial charge in [-0.3, -0.25) is 4.98 Å². The van der Waals surface area contributed by atoms with E-state index in [4.69, 9.17) is 23.2 Å². The summed E-state index contributed by atoms with van der Waals surface area (Å²) in [7, 11) is 0. The van der Waals surface area contributed by atoms with E-state index >= 15 is 0 Å². The normalized spacial score (nSPS) is 20.7. The third-order valence-electron chi connectivity index (χ3n) is 5.89. The zero-order chi connectivity index (χ0) is 23.6. The molecule has 33 heavy (non-hydrogen) atoms. The Hall–Kier alpha value is -1.63. The minimum Gasteiger partial charge on any atom is -0.394 e. The van der Waals surface area contributed by atoms with Gasteiger partial charge in [0.2, 0.25) is 0 Å². The largest absolute Gasteiger partial charge is 0.394 e. The van der Waals surface area contributed by atoms with Gasteiger partial charge in [-0.2, -0.15) is 0 Å². The van der Waals surface area contributed by atoms with Crippen molar-refractivity contribution in [2.75, 3.05) is 11.5 Å². The van der Waals surface area contributed by atoms with Gasteiger partial charge in [-0.05, 0) is 54.8 Å². The van der Waals surface area contributed by atoms with Gasteiger partial charge in [0.25, 0.3) is 0 Å². The number of hydrogen-bond donors (Lipinski definition) is 1. The second-order valence-electron chi connectivity index (χ2n) is 8.24. The maximum absolute atomic E-state index is 11.0. The number of anilines is 1. The summed E-state index contributed by atoms with van der Waals surface area (Å²) in [5.74, 6) is 0.186. The van der Waals surface area contributed by atoms with Gasteiger partial charge in [0, 0.05) is 27.9 Å². The molecular weight excluding hydrogens is 491 g/mol. The van der Waals surface area contributed by atoms with Crippen LogP contribution in [0.3, 0.4) is 0 Å². The molecule has 2 aromatic carbocycles. The van der Waals surface area contributed by atoms with E-state index in [0.717, 1.165) is 20.5 Å². The highest BCUT2D eigenvalue weighted by Crippen LogP contribution is 2.57. The summed E-state index contributed by atoms with van der Waals surface area (Å²) in [5, 5.41) is 13.5. The SMILES string of the molecule is CC(C)C1=C(Sc2ccccc2Cl)N(c2ccncc2)C(C)C1(CO)Sc1ccccc1Cl. The van der Waals surface area contributed by atoms with Crippen molar-refractivity contribution in [2.45, 2.75) is 41.4 Å². The van der Waals surface area contributed by atoms with Gasteiger partial charge in [0.15, 0.2) is 0 Å². The average molecular weight is 518 g/mol. The Balaban J connectivity index is 1.93. The van der Waals surface area contributed by atoms with Crippen LogP contribution in [0.5, 0.6) is 0 Å². The molecule has 172 valence electrons. The van der Waals surface area contributed by atoms with E-state index in [1.807, 2.05) is 60.7 Å². The highest BCUT2D eigenvalue weighted by molar-refractivity contribution is 8.03. The summed E-state index contributed by atoms with van der Waals surface area (Å²) in [5.41, 5.74) is 2.21. The van der Waals surface area contributed by atoms with Crippen LogP contribution in [0.4, 0.5) is 5.69 Å². The third-order valence-corrected chi connectivity index (χ3v) is 9.59. The standard InChI is InChI=1S/C26H26Cl2N2OS2/c1-17(2)24-25(32-22-10-6-4-8-20(22)27)30(19-12-14-29-15-13-19)18(3)26(24,16-31)33-23-11-7-5-9-21(23)28/h4-15,17-18,31H,16H2,1-3H3. The lowest BCUT2D eigenvalue weighted by atomic mass is 9.88. The van der Waals surface area contributed by atoms with Gasteiger partial charge in [0.05, 0.1) is 32.5 Å². The molecule has 1 N–H and O–H groups in total. The average Bonchev–Trinajstić information content (AvgIpc) is 3.05. The number of aromatic nitrogens is 1. The number of nitrogens with zero attached hydrogens (tertiary/aromatic N) is 2. The number of aliphatic hydroxyl groups excluding tert-OH is 1. The molecule has 7 heteroatoms.